The van der Waals surface area contributed by atoms with Crippen molar-refractivity contribution in [2.45, 2.75) is 18.3 Å². The van der Waals surface area contributed by atoms with Crippen molar-refractivity contribution in [1.29, 1.82) is 0 Å². The van der Waals surface area contributed by atoms with Crippen molar-refractivity contribution in [1.82, 2.24) is 4.90 Å². The SMILES string of the molecule is Cc1ccc(NC(=O)N2CCS[C@]23C(=O)N(Cc2ccccc2F)c2ccccc23)cc1. The zero-order chi connectivity index (χ0) is 22.3. The van der Waals surface area contributed by atoms with Crippen LogP contribution in [-0.4, -0.2) is 29.1 Å². The van der Waals surface area contributed by atoms with Crippen LogP contribution in [0.2, 0.25) is 0 Å². The Balaban J connectivity index is 1.51. The Bertz CT molecular complexity index is 1200. The zero-order valence-electron chi connectivity index (χ0n) is 17.5. The number of aryl methyl sites for hydroxylation is 1. The molecule has 0 radical (unpaired) electrons. The maximum Gasteiger partial charge on any atom is 0.323 e. The molecule has 7 heteroatoms. The summed E-state index contributed by atoms with van der Waals surface area (Å²) in [6.07, 6.45) is 0. The first-order valence-corrected chi connectivity index (χ1v) is 11.4. The summed E-state index contributed by atoms with van der Waals surface area (Å²) in [5.41, 5.74) is 3.69. The Morgan fingerprint density at radius 1 is 1.06 bits per heavy atom. The molecule has 5 nitrogen and oxygen atoms in total. The van der Waals surface area contributed by atoms with Crippen molar-refractivity contribution in [3.63, 3.8) is 0 Å². The van der Waals surface area contributed by atoms with Gasteiger partial charge in [0.05, 0.1) is 12.2 Å². The zero-order valence-corrected chi connectivity index (χ0v) is 18.4. The van der Waals surface area contributed by atoms with Gasteiger partial charge in [0, 0.05) is 29.1 Å². The van der Waals surface area contributed by atoms with Crippen molar-refractivity contribution in [2.24, 2.45) is 0 Å². The molecule has 0 unspecified atom stereocenters. The van der Waals surface area contributed by atoms with E-state index in [2.05, 4.69) is 5.32 Å². The number of hydrogen-bond acceptors (Lipinski definition) is 3. The summed E-state index contributed by atoms with van der Waals surface area (Å²) in [4.78, 5) is 29.2. The van der Waals surface area contributed by atoms with Gasteiger partial charge in [0.2, 0.25) is 0 Å². The third kappa shape index (κ3) is 3.24. The molecule has 3 aromatic carbocycles. The summed E-state index contributed by atoms with van der Waals surface area (Å²) < 4.78 is 14.4. The number of carbonyl (C=O) groups is 2. The van der Waals surface area contributed by atoms with E-state index in [0.717, 1.165) is 11.1 Å². The monoisotopic (exact) mass is 447 g/mol. The van der Waals surface area contributed by atoms with E-state index in [-0.39, 0.29) is 24.3 Å². The highest BCUT2D eigenvalue weighted by atomic mass is 32.2. The number of nitrogens with zero attached hydrogens (tertiary/aromatic N) is 2. The number of amides is 3. The molecule has 5 rings (SSSR count). The maximum atomic E-state index is 14.4. The van der Waals surface area contributed by atoms with E-state index in [1.165, 1.54) is 17.8 Å². The number of rotatable bonds is 3. The number of hydrogen-bond donors (Lipinski definition) is 1. The second kappa shape index (κ2) is 7.98. The Morgan fingerprint density at radius 2 is 1.78 bits per heavy atom. The van der Waals surface area contributed by atoms with Gasteiger partial charge in [-0.2, -0.15) is 0 Å². The van der Waals surface area contributed by atoms with Crippen LogP contribution in [0.15, 0.2) is 72.8 Å². The van der Waals surface area contributed by atoms with Crippen LogP contribution in [0.1, 0.15) is 16.7 Å². The van der Waals surface area contributed by atoms with Crippen LogP contribution >= 0.6 is 11.8 Å². The number of nitrogens with one attached hydrogen (secondary N) is 1. The lowest BCUT2D eigenvalue weighted by atomic mass is 10.1. The third-order valence-electron chi connectivity index (χ3n) is 5.94. The number of urea groups is 1. The molecule has 1 saturated heterocycles. The number of para-hydroxylation sites is 1. The van der Waals surface area contributed by atoms with E-state index in [9.17, 15) is 14.0 Å². The number of halogens is 1. The minimum atomic E-state index is -1.16. The summed E-state index contributed by atoms with van der Waals surface area (Å²) in [5.74, 6) is 0.0600. The van der Waals surface area contributed by atoms with Crippen LogP contribution in [0.4, 0.5) is 20.6 Å². The van der Waals surface area contributed by atoms with Gasteiger partial charge in [-0.15, -0.1) is 11.8 Å². The fourth-order valence-corrected chi connectivity index (χ4v) is 5.81. The van der Waals surface area contributed by atoms with E-state index in [1.54, 1.807) is 28.0 Å². The van der Waals surface area contributed by atoms with Gasteiger partial charge in [-0.3, -0.25) is 9.69 Å². The Morgan fingerprint density at radius 3 is 2.56 bits per heavy atom. The molecule has 1 spiro atoms. The lowest BCUT2D eigenvalue weighted by Gasteiger charge is -2.33. The van der Waals surface area contributed by atoms with Crippen LogP contribution in [-0.2, 0) is 16.2 Å². The molecule has 2 aliphatic heterocycles. The Hall–Kier alpha value is -3.32. The van der Waals surface area contributed by atoms with Crippen LogP contribution in [0, 0.1) is 12.7 Å². The predicted molar refractivity (Wildman–Crippen MR) is 125 cm³/mol. The molecule has 0 aliphatic carbocycles. The molecule has 32 heavy (non-hydrogen) atoms. The first-order chi connectivity index (χ1) is 15.5. The van der Waals surface area contributed by atoms with Gasteiger partial charge in [0.1, 0.15) is 5.82 Å². The topological polar surface area (TPSA) is 52.7 Å². The van der Waals surface area contributed by atoms with Gasteiger partial charge in [0.25, 0.3) is 5.91 Å². The lowest BCUT2D eigenvalue weighted by molar-refractivity contribution is -0.123. The molecule has 1 fully saturated rings. The first-order valence-electron chi connectivity index (χ1n) is 10.4. The highest BCUT2D eigenvalue weighted by molar-refractivity contribution is 8.01. The molecule has 2 aliphatic rings. The molecular weight excluding hydrogens is 425 g/mol. The van der Waals surface area contributed by atoms with Gasteiger partial charge >= 0.3 is 6.03 Å². The predicted octanol–water partition coefficient (Wildman–Crippen LogP) is 5.11. The maximum absolute atomic E-state index is 14.4. The van der Waals surface area contributed by atoms with Crippen molar-refractivity contribution < 1.29 is 14.0 Å². The summed E-state index contributed by atoms with van der Waals surface area (Å²) >= 11 is 1.45. The van der Waals surface area contributed by atoms with Gasteiger partial charge < -0.3 is 10.2 Å². The minimum Gasteiger partial charge on any atom is -0.308 e. The van der Waals surface area contributed by atoms with Crippen LogP contribution < -0.4 is 10.2 Å². The van der Waals surface area contributed by atoms with Crippen LogP contribution in [0.3, 0.4) is 0 Å². The van der Waals surface area contributed by atoms with Crippen molar-refractivity contribution in [3.8, 4) is 0 Å². The molecule has 3 amide bonds. The van der Waals surface area contributed by atoms with Crippen LogP contribution in [0.5, 0.6) is 0 Å². The number of thioether (sulfide) groups is 1. The minimum absolute atomic E-state index is 0.109. The van der Waals surface area contributed by atoms with Gasteiger partial charge in [-0.25, -0.2) is 9.18 Å². The largest absolute Gasteiger partial charge is 0.323 e. The first kappa shape index (κ1) is 20.6. The molecule has 1 N–H and O–H groups in total. The number of carbonyl (C=O) groups excluding carboxylic acids is 2. The van der Waals surface area contributed by atoms with Crippen molar-refractivity contribution in [3.05, 3.63) is 95.3 Å². The molecular formula is C25H22FN3O2S. The summed E-state index contributed by atoms with van der Waals surface area (Å²) in [5, 5.41) is 2.93. The van der Waals surface area contributed by atoms with Gasteiger partial charge in [-0.05, 0) is 31.2 Å². The Labute approximate surface area is 190 Å². The summed E-state index contributed by atoms with van der Waals surface area (Å²) in [7, 11) is 0. The quantitative estimate of drug-likeness (QED) is 0.607. The highest BCUT2D eigenvalue weighted by Crippen LogP contribution is 2.54. The van der Waals surface area contributed by atoms with E-state index >= 15 is 0 Å². The van der Waals surface area contributed by atoms with E-state index < -0.39 is 4.87 Å². The summed E-state index contributed by atoms with van der Waals surface area (Å²) in [6.45, 7) is 2.53. The fourth-order valence-electron chi connectivity index (χ4n) is 4.35. The smallest absolute Gasteiger partial charge is 0.308 e. The van der Waals surface area contributed by atoms with Gasteiger partial charge in [-0.1, -0.05) is 54.1 Å². The van der Waals surface area contributed by atoms with E-state index in [0.29, 0.717) is 29.2 Å². The Kier molecular flexibility index (Phi) is 5.13. The number of benzene rings is 3. The molecule has 0 bridgehead atoms. The molecule has 0 aromatic heterocycles. The second-order valence-electron chi connectivity index (χ2n) is 7.94. The second-order valence-corrected chi connectivity index (χ2v) is 9.23. The van der Waals surface area contributed by atoms with Crippen LogP contribution in [0.25, 0.3) is 0 Å². The molecule has 3 aromatic rings. The van der Waals surface area contributed by atoms with Crippen molar-refractivity contribution >= 4 is 35.1 Å². The molecule has 2 heterocycles. The third-order valence-corrected chi connectivity index (χ3v) is 7.35. The van der Waals surface area contributed by atoms with Crippen molar-refractivity contribution in [2.75, 3.05) is 22.5 Å². The highest BCUT2D eigenvalue weighted by Gasteiger charge is 2.59. The van der Waals surface area contributed by atoms with E-state index in [4.69, 9.17) is 0 Å². The molecule has 1 atom stereocenters. The number of fused-ring (bicyclic) bond motifs is 2. The molecule has 162 valence electrons. The summed E-state index contributed by atoms with van der Waals surface area (Å²) in [6, 6.07) is 21.2. The number of anilines is 2. The normalized spacial score (nSPS) is 19.5. The average Bonchev–Trinajstić information content (AvgIpc) is 3.34. The standard InChI is InChI=1S/C25H22FN3O2S/c1-17-10-12-19(13-11-17)27-24(31)29-14-15-32-25(29)20-7-3-5-9-22(20)28(23(25)30)16-18-6-2-4-8-21(18)26/h2-13H,14-16H2,1H3,(H,27,31)/t25-/m1/s1. The lowest BCUT2D eigenvalue weighted by Crippen LogP contribution is -2.51. The van der Waals surface area contributed by atoms with Gasteiger partial charge in [0.15, 0.2) is 4.87 Å². The fraction of sp³-hybridized carbons (Fsp3) is 0.200. The van der Waals surface area contributed by atoms with E-state index in [1.807, 2.05) is 55.5 Å². The molecule has 0 saturated carbocycles. The average molecular weight is 448 g/mol.